The molecule has 13 heteroatoms. The Bertz CT molecular complexity index is 1110. The molecule has 8 nitrogen and oxygen atoms in total. The Morgan fingerprint density at radius 1 is 1.19 bits per heavy atom. The monoisotopic (exact) mass is 493 g/mol. The zero-order valence-corrected chi connectivity index (χ0v) is 17.9. The average Bonchev–Trinajstić information content (AvgIpc) is 3.16. The second kappa shape index (κ2) is 9.43. The number of carbonyl (C=O) groups is 1. The van der Waals surface area contributed by atoms with Gasteiger partial charge < -0.3 is 25.8 Å². The fourth-order valence-electron chi connectivity index (χ4n) is 3.25. The molecule has 0 radical (unpaired) electrons. The molecule has 1 aliphatic rings. The van der Waals surface area contributed by atoms with E-state index in [4.69, 9.17) is 11.6 Å². The third-order valence-electron chi connectivity index (χ3n) is 4.62. The maximum Gasteiger partial charge on any atom is 0.573 e. The Morgan fingerprint density at radius 3 is 2.53 bits per heavy atom. The highest BCUT2D eigenvalue weighted by Gasteiger charge is 2.32. The van der Waals surface area contributed by atoms with E-state index in [0.29, 0.717) is 19.5 Å². The lowest BCUT2D eigenvalue weighted by atomic mass is 10.2. The Balaban J connectivity index is 1.80. The van der Waals surface area contributed by atoms with Crippen LogP contribution in [0.3, 0.4) is 0 Å². The van der Waals surface area contributed by atoms with Crippen molar-refractivity contribution < 1.29 is 36.2 Å². The molecule has 1 aliphatic heterocycles. The highest BCUT2D eigenvalue weighted by atomic mass is 35.5. The first-order valence-corrected chi connectivity index (χ1v) is 11.4. The number of alkyl halides is 3. The molecule has 0 unspecified atom stereocenters. The van der Waals surface area contributed by atoms with Crippen LogP contribution >= 0.6 is 11.6 Å². The second-order valence-corrected chi connectivity index (χ2v) is 9.41. The number of phenols is 1. The summed E-state index contributed by atoms with van der Waals surface area (Å²) < 4.78 is 67.1. The third kappa shape index (κ3) is 5.96. The molecule has 1 atom stereocenters. The van der Waals surface area contributed by atoms with Gasteiger partial charge in [0.1, 0.15) is 4.90 Å². The Morgan fingerprint density at radius 2 is 1.88 bits per heavy atom. The molecule has 0 saturated carbocycles. The van der Waals surface area contributed by atoms with Crippen LogP contribution in [-0.4, -0.2) is 44.8 Å². The van der Waals surface area contributed by atoms with Crippen LogP contribution < -0.4 is 20.7 Å². The van der Waals surface area contributed by atoms with E-state index >= 15 is 0 Å². The van der Waals surface area contributed by atoms with Gasteiger partial charge in [-0.15, -0.1) is 13.2 Å². The molecule has 2 amide bonds. The van der Waals surface area contributed by atoms with Crippen LogP contribution in [0.5, 0.6) is 11.5 Å². The third-order valence-corrected chi connectivity index (χ3v) is 6.99. The average molecular weight is 494 g/mol. The number of amides is 2. The molecule has 0 aromatic heterocycles. The molecular formula is C19H19ClF3N3O5S. The minimum Gasteiger partial charge on any atom is -0.504 e. The van der Waals surface area contributed by atoms with E-state index in [1.54, 1.807) is 0 Å². The molecule has 0 bridgehead atoms. The summed E-state index contributed by atoms with van der Waals surface area (Å²) in [6.45, 7) is 1.19. The summed E-state index contributed by atoms with van der Waals surface area (Å²) in [5.41, 5.74) is -0.582. The molecule has 1 heterocycles. The molecule has 2 aromatic carbocycles. The zero-order valence-electron chi connectivity index (χ0n) is 16.4. The standard InChI is InChI=1S/C19H19ClF3N3O5S/c20-12-5-6-14(16(27)17(12)32(29,30)10-11-7-8-24-9-11)26-18(28)25-13-3-1-2-4-15(13)31-19(21,22)23/h1-6,11,24,27H,7-10H2,(H2,25,26,28)/t11-/m1/s1. The smallest absolute Gasteiger partial charge is 0.504 e. The van der Waals surface area contributed by atoms with Crippen LogP contribution in [0.15, 0.2) is 41.3 Å². The number of benzene rings is 2. The Labute approximate surface area is 186 Å². The number of sulfone groups is 1. The second-order valence-electron chi connectivity index (χ2n) is 7.04. The van der Waals surface area contributed by atoms with Gasteiger partial charge in [-0.25, -0.2) is 13.2 Å². The minimum atomic E-state index is -4.97. The fraction of sp³-hybridized carbons (Fsp3) is 0.316. The lowest BCUT2D eigenvalue weighted by Gasteiger charge is -2.16. The van der Waals surface area contributed by atoms with Crippen molar-refractivity contribution in [2.75, 3.05) is 29.5 Å². The normalized spacial score (nSPS) is 16.6. The zero-order chi connectivity index (χ0) is 23.5. The molecule has 4 N–H and O–H groups in total. The summed E-state index contributed by atoms with van der Waals surface area (Å²) in [6, 6.07) is 6.17. The topological polar surface area (TPSA) is 117 Å². The van der Waals surface area contributed by atoms with Gasteiger partial charge in [0, 0.05) is 0 Å². The van der Waals surface area contributed by atoms with E-state index in [1.807, 2.05) is 0 Å². The molecule has 1 saturated heterocycles. The molecule has 0 spiro atoms. The summed E-state index contributed by atoms with van der Waals surface area (Å²) in [4.78, 5) is 11.8. The first-order valence-electron chi connectivity index (χ1n) is 9.34. The van der Waals surface area contributed by atoms with Crippen LogP contribution in [0.4, 0.5) is 29.3 Å². The van der Waals surface area contributed by atoms with Crippen molar-refractivity contribution in [3.63, 3.8) is 0 Å². The Hall–Kier alpha value is -2.70. The summed E-state index contributed by atoms with van der Waals surface area (Å²) in [6.07, 6.45) is -4.32. The van der Waals surface area contributed by atoms with Crippen molar-refractivity contribution in [3.05, 3.63) is 41.4 Å². The van der Waals surface area contributed by atoms with Crippen LogP contribution in [0.25, 0.3) is 0 Å². The molecule has 174 valence electrons. The van der Waals surface area contributed by atoms with Crippen molar-refractivity contribution in [2.24, 2.45) is 5.92 Å². The van der Waals surface area contributed by atoms with Crippen molar-refractivity contribution >= 4 is 38.8 Å². The lowest BCUT2D eigenvalue weighted by Crippen LogP contribution is -2.23. The first-order chi connectivity index (χ1) is 15.0. The molecular weight excluding hydrogens is 475 g/mol. The van der Waals surface area contributed by atoms with E-state index in [1.165, 1.54) is 30.3 Å². The quantitative estimate of drug-likeness (QED) is 0.452. The van der Waals surface area contributed by atoms with E-state index in [2.05, 4.69) is 20.7 Å². The summed E-state index contributed by atoms with van der Waals surface area (Å²) in [5, 5.41) is 17.7. The van der Waals surface area contributed by atoms with E-state index < -0.39 is 38.6 Å². The van der Waals surface area contributed by atoms with Gasteiger partial charge in [0.2, 0.25) is 0 Å². The van der Waals surface area contributed by atoms with Gasteiger partial charge in [0.15, 0.2) is 21.3 Å². The van der Waals surface area contributed by atoms with Crippen molar-refractivity contribution in [1.82, 2.24) is 5.32 Å². The van der Waals surface area contributed by atoms with Gasteiger partial charge in [-0.2, -0.15) is 0 Å². The molecule has 2 aromatic rings. The molecule has 32 heavy (non-hydrogen) atoms. The number of hydrogen-bond donors (Lipinski definition) is 4. The van der Waals surface area contributed by atoms with Crippen LogP contribution in [0.1, 0.15) is 6.42 Å². The predicted molar refractivity (Wildman–Crippen MR) is 112 cm³/mol. The number of para-hydroxylation sites is 2. The number of ether oxygens (including phenoxy) is 1. The lowest BCUT2D eigenvalue weighted by molar-refractivity contribution is -0.274. The maximum atomic E-state index is 12.8. The predicted octanol–water partition coefficient (Wildman–Crippen LogP) is 3.97. The van der Waals surface area contributed by atoms with Gasteiger partial charge in [-0.1, -0.05) is 23.7 Å². The molecule has 1 fully saturated rings. The summed E-state index contributed by atoms with van der Waals surface area (Å²) in [7, 11) is -3.99. The molecule has 0 aliphatic carbocycles. The number of halogens is 4. The minimum absolute atomic E-state index is 0.152. The number of urea groups is 1. The molecule has 3 rings (SSSR count). The summed E-state index contributed by atoms with van der Waals surface area (Å²) in [5.74, 6) is -1.81. The van der Waals surface area contributed by atoms with E-state index in [0.717, 1.165) is 6.07 Å². The van der Waals surface area contributed by atoms with E-state index in [-0.39, 0.29) is 28.1 Å². The van der Waals surface area contributed by atoms with Gasteiger partial charge in [0.25, 0.3) is 0 Å². The largest absolute Gasteiger partial charge is 0.573 e. The SMILES string of the molecule is O=C(Nc1ccccc1OC(F)(F)F)Nc1ccc(Cl)c(S(=O)(=O)C[C@@H]2CCNC2)c1O. The van der Waals surface area contributed by atoms with Crippen molar-refractivity contribution in [3.8, 4) is 11.5 Å². The number of hydrogen-bond acceptors (Lipinski definition) is 6. The van der Waals surface area contributed by atoms with Gasteiger partial charge in [0.05, 0.1) is 22.2 Å². The Kier molecular flexibility index (Phi) is 7.06. The van der Waals surface area contributed by atoms with Crippen molar-refractivity contribution in [2.45, 2.75) is 17.7 Å². The van der Waals surface area contributed by atoms with Crippen LogP contribution in [0.2, 0.25) is 5.02 Å². The highest BCUT2D eigenvalue weighted by molar-refractivity contribution is 7.91. The fourth-order valence-corrected chi connectivity index (χ4v) is 5.60. The van der Waals surface area contributed by atoms with Gasteiger partial charge in [-0.05, 0) is 49.7 Å². The van der Waals surface area contributed by atoms with E-state index in [9.17, 15) is 31.5 Å². The number of rotatable bonds is 6. The van der Waals surface area contributed by atoms with Gasteiger partial charge >= 0.3 is 12.4 Å². The number of phenolic OH excluding ortho intramolecular Hbond substituents is 1. The summed E-state index contributed by atoms with van der Waals surface area (Å²) >= 11 is 6.01. The number of aromatic hydroxyl groups is 1. The number of nitrogens with one attached hydrogen (secondary N) is 3. The first kappa shape index (κ1) is 24.0. The number of anilines is 2. The maximum absolute atomic E-state index is 12.8. The number of carbonyl (C=O) groups excluding carboxylic acids is 1. The van der Waals surface area contributed by atoms with Gasteiger partial charge in [-0.3, -0.25) is 0 Å². The van der Waals surface area contributed by atoms with Crippen molar-refractivity contribution in [1.29, 1.82) is 0 Å². The van der Waals surface area contributed by atoms with Crippen LogP contribution in [0, 0.1) is 5.92 Å². The van der Waals surface area contributed by atoms with Crippen LogP contribution in [-0.2, 0) is 9.84 Å². The highest BCUT2D eigenvalue weighted by Crippen LogP contribution is 2.38.